The molecule has 1 amide bonds. The molecule has 14 heteroatoms. The summed E-state index contributed by atoms with van der Waals surface area (Å²) in [5.74, 6) is 0.0685. The summed E-state index contributed by atoms with van der Waals surface area (Å²) < 4.78 is 30.2. The Morgan fingerprint density at radius 3 is 2.67 bits per heavy atom. The lowest BCUT2D eigenvalue weighted by molar-refractivity contribution is 0.0242. The summed E-state index contributed by atoms with van der Waals surface area (Å²) >= 11 is 0. The van der Waals surface area contributed by atoms with Gasteiger partial charge >= 0.3 is 6.09 Å². The minimum atomic E-state index is -2.15. The highest BCUT2D eigenvalue weighted by Gasteiger charge is 2.38. The fraction of sp³-hybridized carbons (Fsp3) is 0.483. The molecule has 1 aliphatic rings. The van der Waals surface area contributed by atoms with Crippen molar-refractivity contribution in [3.8, 4) is 17.0 Å². The van der Waals surface area contributed by atoms with Crippen molar-refractivity contribution < 1.29 is 28.6 Å². The molecule has 1 saturated heterocycles. The van der Waals surface area contributed by atoms with Gasteiger partial charge in [0.05, 0.1) is 49.1 Å². The highest BCUT2D eigenvalue weighted by atomic mass is 28.4. The molecule has 0 radical (unpaired) electrons. The van der Waals surface area contributed by atoms with Crippen molar-refractivity contribution in [3.63, 3.8) is 0 Å². The molecule has 3 atom stereocenters. The Hall–Kier alpha value is -3.88. The van der Waals surface area contributed by atoms with Crippen molar-refractivity contribution in [1.82, 2.24) is 34.5 Å². The number of fused-ring (bicyclic) bond motifs is 1. The van der Waals surface area contributed by atoms with Crippen LogP contribution in [0.2, 0.25) is 18.1 Å². The van der Waals surface area contributed by atoms with Crippen molar-refractivity contribution >= 4 is 19.9 Å². The Morgan fingerprint density at radius 2 is 2.02 bits per heavy atom. The number of halogens is 1. The maximum atomic E-state index is 13.8. The smallest absolute Gasteiger partial charge is 0.407 e. The van der Waals surface area contributed by atoms with Gasteiger partial charge in [-0.3, -0.25) is 4.98 Å². The monoisotopic (exact) mass is 611 g/mol. The highest BCUT2D eigenvalue weighted by Crippen LogP contribution is 2.38. The van der Waals surface area contributed by atoms with Gasteiger partial charge in [-0.05, 0) is 55.7 Å². The highest BCUT2D eigenvalue weighted by molar-refractivity contribution is 6.74. The Bertz CT molecular complexity index is 1600. The summed E-state index contributed by atoms with van der Waals surface area (Å²) in [4.78, 5) is 16.9. The minimum Gasteiger partial charge on any atom is -0.479 e. The lowest BCUT2D eigenvalue weighted by atomic mass is 10.0. The Labute approximate surface area is 250 Å². The first-order chi connectivity index (χ1) is 20.2. The van der Waals surface area contributed by atoms with E-state index in [2.05, 4.69) is 54.3 Å². The zero-order valence-corrected chi connectivity index (χ0v) is 26.2. The molecule has 0 bridgehead atoms. The molecule has 230 valence electrons. The molecule has 0 saturated carbocycles. The normalized spacial score (nSPS) is 18.7. The minimum absolute atomic E-state index is 0.00161. The number of rotatable bonds is 8. The SMILES string of the molecule is Cc1c(-c2cc(OC(CO[Si](C)(C)C(C)(C)C)c3ccc(F)cn3)c3ccnn3c2)nnn1[C@H]1CCN(C(=O)O)C[C@@H]1O. The van der Waals surface area contributed by atoms with Crippen LogP contribution in [0.1, 0.15) is 50.7 Å². The predicted molar refractivity (Wildman–Crippen MR) is 159 cm³/mol. The average Bonchev–Trinajstić information content (AvgIpc) is 3.57. The van der Waals surface area contributed by atoms with Crippen LogP contribution in [0.15, 0.2) is 42.9 Å². The van der Waals surface area contributed by atoms with E-state index >= 15 is 0 Å². The van der Waals surface area contributed by atoms with E-state index in [1.54, 1.807) is 21.5 Å². The number of β-amino-alcohol motifs (C(OH)–C–C–N with tert-alkyl or cyclic N) is 1. The van der Waals surface area contributed by atoms with E-state index in [9.17, 15) is 19.4 Å². The molecule has 2 N–H and O–H groups in total. The van der Waals surface area contributed by atoms with Crippen LogP contribution in [0, 0.1) is 12.7 Å². The molecule has 1 unspecified atom stereocenters. The van der Waals surface area contributed by atoms with Crippen molar-refractivity contribution in [2.45, 2.75) is 70.5 Å². The predicted octanol–water partition coefficient (Wildman–Crippen LogP) is 4.86. The lowest BCUT2D eigenvalue weighted by Gasteiger charge is -2.37. The van der Waals surface area contributed by atoms with E-state index in [-0.39, 0.29) is 18.2 Å². The summed E-state index contributed by atoms with van der Waals surface area (Å²) in [6, 6.07) is 6.22. The van der Waals surface area contributed by atoms with Gasteiger partial charge in [0.2, 0.25) is 0 Å². The van der Waals surface area contributed by atoms with E-state index in [0.29, 0.717) is 46.9 Å². The first kappa shape index (κ1) is 30.6. The number of likely N-dealkylation sites (tertiary alicyclic amines) is 1. The Kier molecular flexibility index (Phi) is 8.29. The summed E-state index contributed by atoms with van der Waals surface area (Å²) in [6.45, 7) is 13.2. The number of amides is 1. The zero-order valence-electron chi connectivity index (χ0n) is 25.2. The van der Waals surface area contributed by atoms with Crippen LogP contribution in [-0.2, 0) is 4.43 Å². The third-order valence-electron chi connectivity index (χ3n) is 8.55. The number of hydrogen-bond acceptors (Lipinski definition) is 8. The molecule has 4 aromatic rings. The number of carboxylic acid groups (broad SMARTS) is 1. The topological polar surface area (TPSA) is 140 Å². The van der Waals surface area contributed by atoms with Crippen LogP contribution in [0.3, 0.4) is 0 Å². The fourth-order valence-corrected chi connectivity index (χ4v) is 5.93. The average molecular weight is 612 g/mol. The molecule has 1 aliphatic heterocycles. The summed E-state index contributed by atoms with van der Waals surface area (Å²) in [5, 5.41) is 33.2. The Morgan fingerprint density at radius 1 is 1.26 bits per heavy atom. The van der Waals surface area contributed by atoms with Crippen LogP contribution in [0.25, 0.3) is 16.8 Å². The molecule has 5 heterocycles. The van der Waals surface area contributed by atoms with E-state index in [1.165, 1.54) is 17.2 Å². The fourth-order valence-electron chi connectivity index (χ4n) is 4.93. The van der Waals surface area contributed by atoms with Crippen LogP contribution in [0.4, 0.5) is 9.18 Å². The van der Waals surface area contributed by atoms with Gasteiger partial charge in [-0.25, -0.2) is 18.4 Å². The van der Waals surface area contributed by atoms with Crippen molar-refractivity contribution in [2.75, 3.05) is 19.7 Å². The molecule has 43 heavy (non-hydrogen) atoms. The first-order valence-electron chi connectivity index (χ1n) is 14.2. The molecule has 0 aromatic carbocycles. The molecule has 12 nitrogen and oxygen atoms in total. The second-order valence-electron chi connectivity index (χ2n) is 12.5. The third-order valence-corrected chi connectivity index (χ3v) is 13.1. The van der Waals surface area contributed by atoms with Crippen LogP contribution in [-0.4, -0.2) is 84.9 Å². The molecule has 1 fully saturated rings. The number of aliphatic hydroxyl groups is 1. The van der Waals surface area contributed by atoms with Gasteiger partial charge in [0.15, 0.2) is 14.4 Å². The van der Waals surface area contributed by atoms with Crippen LogP contribution >= 0.6 is 0 Å². The second kappa shape index (κ2) is 11.7. The number of ether oxygens (including phenoxy) is 1. The van der Waals surface area contributed by atoms with Gasteiger partial charge in [0.1, 0.15) is 22.8 Å². The van der Waals surface area contributed by atoms with Gasteiger partial charge in [0, 0.05) is 18.3 Å². The van der Waals surface area contributed by atoms with Crippen LogP contribution in [0.5, 0.6) is 5.75 Å². The molecule has 0 aliphatic carbocycles. The summed E-state index contributed by atoms with van der Waals surface area (Å²) in [5.41, 5.74) is 3.22. The number of nitrogens with zero attached hydrogens (tertiary/aromatic N) is 7. The lowest BCUT2D eigenvalue weighted by Crippen LogP contribution is -2.47. The number of pyridine rings is 2. The molecular formula is C29H38FN7O5Si. The maximum Gasteiger partial charge on any atom is 0.407 e. The summed E-state index contributed by atoms with van der Waals surface area (Å²) in [7, 11) is -2.15. The van der Waals surface area contributed by atoms with Gasteiger partial charge in [0.25, 0.3) is 0 Å². The van der Waals surface area contributed by atoms with Gasteiger partial charge < -0.3 is 24.3 Å². The van der Waals surface area contributed by atoms with Crippen LogP contribution < -0.4 is 4.74 Å². The maximum absolute atomic E-state index is 13.8. The molecule has 5 rings (SSSR count). The van der Waals surface area contributed by atoms with E-state index in [1.807, 2.05) is 25.3 Å². The number of hydrogen-bond donors (Lipinski definition) is 2. The third kappa shape index (κ3) is 6.26. The van der Waals surface area contributed by atoms with E-state index < -0.39 is 38.5 Å². The van der Waals surface area contributed by atoms with Crippen molar-refractivity contribution in [3.05, 3.63) is 60.1 Å². The van der Waals surface area contributed by atoms with E-state index in [4.69, 9.17) is 9.16 Å². The number of piperidine rings is 1. The number of carbonyl (C=O) groups is 1. The van der Waals surface area contributed by atoms with E-state index in [0.717, 1.165) is 0 Å². The van der Waals surface area contributed by atoms with Gasteiger partial charge in [-0.15, -0.1) is 5.10 Å². The zero-order chi connectivity index (χ0) is 31.1. The van der Waals surface area contributed by atoms with Crippen molar-refractivity contribution in [1.29, 1.82) is 0 Å². The molecule has 0 spiro atoms. The summed E-state index contributed by atoms with van der Waals surface area (Å²) in [6.07, 6.45) is 2.46. The second-order valence-corrected chi connectivity index (χ2v) is 17.3. The van der Waals surface area contributed by atoms with Gasteiger partial charge in [-0.1, -0.05) is 26.0 Å². The van der Waals surface area contributed by atoms with Crippen molar-refractivity contribution in [2.24, 2.45) is 0 Å². The molecular weight excluding hydrogens is 573 g/mol. The van der Waals surface area contributed by atoms with Gasteiger partial charge in [-0.2, -0.15) is 5.10 Å². The Balaban J connectivity index is 1.48. The number of aromatic nitrogens is 6. The molecule has 4 aromatic heterocycles. The first-order valence-corrected chi connectivity index (χ1v) is 17.1. The quantitative estimate of drug-likeness (QED) is 0.267. The number of aliphatic hydroxyl groups excluding tert-OH is 1. The largest absolute Gasteiger partial charge is 0.479 e. The standard InChI is InChI=1S/C29H38FN7O5Si/c1-18-27(33-34-37(18)22-10-12-35(28(39)40)16-24(22)38)19-13-25(23-9-11-32-36(23)15-19)42-26(21-8-7-20(30)14-31-21)17-41-43(5,6)29(2,3)4/h7-9,11,13-15,22,24,26,38H,10,12,16-17H2,1-6H3,(H,39,40)/t22-,24-,26?/m0/s1.